The van der Waals surface area contributed by atoms with Crippen LogP contribution in [0.25, 0.3) is 11.6 Å². The van der Waals surface area contributed by atoms with E-state index in [-0.39, 0.29) is 11.9 Å². The number of para-hydroxylation sites is 2. The summed E-state index contributed by atoms with van der Waals surface area (Å²) in [5.74, 6) is 0.179. The van der Waals surface area contributed by atoms with Gasteiger partial charge in [-0.2, -0.15) is 0 Å². The van der Waals surface area contributed by atoms with E-state index >= 15 is 0 Å². The van der Waals surface area contributed by atoms with Crippen LogP contribution in [0.4, 0.5) is 5.69 Å². The molecular formula is C24H19NO4. The lowest BCUT2D eigenvalue weighted by Crippen LogP contribution is -2.04. The van der Waals surface area contributed by atoms with E-state index in [1.54, 1.807) is 12.1 Å². The minimum atomic E-state index is -0.371. The Hall–Kier alpha value is -3.86. The minimum Gasteiger partial charge on any atom is -0.488 e. The molecule has 0 saturated heterocycles. The molecule has 1 amide bonds. The Bertz CT molecular complexity index is 1100. The Morgan fingerprint density at radius 1 is 0.966 bits per heavy atom. The quantitative estimate of drug-likeness (QED) is 0.517. The van der Waals surface area contributed by atoms with Crippen molar-refractivity contribution >= 4 is 29.2 Å². The van der Waals surface area contributed by atoms with E-state index < -0.39 is 0 Å². The largest absolute Gasteiger partial charge is 0.488 e. The molecule has 4 rings (SSSR count). The molecule has 0 radical (unpaired) electrons. The van der Waals surface area contributed by atoms with Gasteiger partial charge in [0, 0.05) is 22.4 Å². The monoisotopic (exact) mass is 385 g/mol. The van der Waals surface area contributed by atoms with E-state index in [9.17, 15) is 9.59 Å². The zero-order valence-corrected chi connectivity index (χ0v) is 15.8. The summed E-state index contributed by atoms with van der Waals surface area (Å²) in [6.07, 6.45) is 1.84. The van der Waals surface area contributed by atoms with Gasteiger partial charge in [-0.3, -0.25) is 4.79 Å². The van der Waals surface area contributed by atoms with Gasteiger partial charge in [0.2, 0.25) is 0 Å². The summed E-state index contributed by atoms with van der Waals surface area (Å²) in [4.78, 5) is 23.9. The number of anilines is 1. The number of methoxy groups -OCH3 is 1. The Morgan fingerprint density at radius 2 is 1.69 bits per heavy atom. The van der Waals surface area contributed by atoms with E-state index in [1.807, 2.05) is 66.7 Å². The van der Waals surface area contributed by atoms with Crippen molar-refractivity contribution in [3.8, 4) is 5.75 Å². The SMILES string of the molecule is COC(=O)c1ccc(COc2ccccc2/C=C2/C(=O)Nc3ccccc32)cc1. The summed E-state index contributed by atoms with van der Waals surface area (Å²) in [6, 6.07) is 22.3. The number of fused-ring (bicyclic) bond motifs is 1. The number of carbonyl (C=O) groups is 2. The molecule has 0 bridgehead atoms. The first kappa shape index (κ1) is 18.5. The normalized spacial score (nSPS) is 13.7. The van der Waals surface area contributed by atoms with Crippen LogP contribution in [0.15, 0.2) is 72.8 Å². The van der Waals surface area contributed by atoms with Gasteiger partial charge in [0.05, 0.1) is 12.7 Å². The molecule has 144 valence electrons. The van der Waals surface area contributed by atoms with Crippen molar-refractivity contribution in [1.82, 2.24) is 0 Å². The molecular weight excluding hydrogens is 366 g/mol. The van der Waals surface area contributed by atoms with Crippen molar-refractivity contribution in [3.63, 3.8) is 0 Å². The smallest absolute Gasteiger partial charge is 0.337 e. The second-order valence-electron chi connectivity index (χ2n) is 6.57. The molecule has 0 atom stereocenters. The van der Waals surface area contributed by atoms with Gasteiger partial charge in [0.25, 0.3) is 5.91 Å². The van der Waals surface area contributed by atoms with Gasteiger partial charge in [-0.1, -0.05) is 48.5 Å². The molecule has 0 aromatic heterocycles. The van der Waals surface area contributed by atoms with Crippen LogP contribution in [-0.2, 0) is 16.1 Å². The summed E-state index contributed by atoms with van der Waals surface area (Å²) in [7, 11) is 1.35. The summed E-state index contributed by atoms with van der Waals surface area (Å²) in [6.45, 7) is 0.338. The summed E-state index contributed by atoms with van der Waals surface area (Å²) in [5.41, 5.74) is 4.54. The number of amides is 1. The van der Waals surface area contributed by atoms with E-state index in [1.165, 1.54) is 7.11 Å². The Labute approximate surface area is 168 Å². The number of nitrogens with one attached hydrogen (secondary N) is 1. The van der Waals surface area contributed by atoms with Crippen molar-refractivity contribution in [2.45, 2.75) is 6.61 Å². The minimum absolute atomic E-state index is 0.126. The van der Waals surface area contributed by atoms with E-state index in [0.29, 0.717) is 23.5 Å². The number of ether oxygens (including phenoxy) is 2. The first-order chi connectivity index (χ1) is 14.2. The van der Waals surface area contributed by atoms with Crippen molar-refractivity contribution < 1.29 is 19.1 Å². The number of benzene rings is 3. The van der Waals surface area contributed by atoms with Crippen LogP contribution in [-0.4, -0.2) is 19.0 Å². The van der Waals surface area contributed by atoms with Crippen LogP contribution in [0, 0.1) is 0 Å². The van der Waals surface area contributed by atoms with Gasteiger partial charge in [0.1, 0.15) is 12.4 Å². The Balaban J connectivity index is 1.55. The second-order valence-corrected chi connectivity index (χ2v) is 6.57. The first-order valence-corrected chi connectivity index (χ1v) is 9.17. The van der Waals surface area contributed by atoms with E-state index in [2.05, 4.69) is 5.32 Å². The number of rotatable bonds is 5. The maximum absolute atomic E-state index is 12.4. The van der Waals surface area contributed by atoms with Gasteiger partial charge < -0.3 is 14.8 Å². The lowest BCUT2D eigenvalue weighted by molar-refractivity contribution is -0.110. The van der Waals surface area contributed by atoms with Crippen molar-refractivity contribution in [2.75, 3.05) is 12.4 Å². The zero-order valence-electron chi connectivity index (χ0n) is 15.8. The summed E-state index contributed by atoms with van der Waals surface area (Å²) in [5, 5.41) is 2.88. The molecule has 0 spiro atoms. The van der Waals surface area contributed by atoms with E-state index in [4.69, 9.17) is 9.47 Å². The molecule has 1 aliphatic rings. The van der Waals surface area contributed by atoms with Crippen LogP contribution in [0.1, 0.15) is 27.0 Å². The lowest BCUT2D eigenvalue weighted by Gasteiger charge is -2.10. The Kier molecular flexibility index (Phi) is 5.12. The van der Waals surface area contributed by atoms with Gasteiger partial charge in [-0.15, -0.1) is 0 Å². The molecule has 1 heterocycles. The zero-order chi connectivity index (χ0) is 20.2. The second kappa shape index (κ2) is 8.02. The molecule has 1 N–H and O–H groups in total. The highest BCUT2D eigenvalue weighted by Crippen LogP contribution is 2.34. The number of hydrogen-bond donors (Lipinski definition) is 1. The molecule has 0 unspecified atom stereocenters. The maximum atomic E-state index is 12.4. The standard InChI is InChI=1S/C24H19NO4/c1-28-24(27)17-12-10-16(11-13-17)15-29-22-9-5-2-6-18(22)14-20-19-7-3-4-8-21(19)25-23(20)26/h2-14H,15H2,1H3,(H,25,26)/b20-14+. The van der Waals surface area contributed by atoms with Crippen LogP contribution in [0.2, 0.25) is 0 Å². The lowest BCUT2D eigenvalue weighted by atomic mass is 10.0. The topological polar surface area (TPSA) is 64.6 Å². The molecule has 5 nitrogen and oxygen atoms in total. The molecule has 1 aliphatic heterocycles. The van der Waals surface area contributed by atoms with Crippen LogP contribution in [0.3, 0.4) is 0 Å². The molecule has 3 aromatic carbocycles. The number of carbonyl (C=O) groups excluding carboxylic acids is 2. The third-order valence-corrected chi connectivity index (χ3v) is 4.70. The average Bonchev–Trinajstić information content (AvgIpc) is 3.08. The third-order valence-electron chi connectivity index (χ3n) is 4.70. The molecule has 5 heteroatoms. The van der Waals surface area contributed by atoms with Crippen LogP contribution in [0.5, 0.6) is 5.75 Å². The van der Waals surface area contributed by atoms with Gasteiger partial charge >= 0.3 is 5.97 Å². The predicted octanol–water partition coefficient (Wildman–Crippen LogP) is 4.54. The van der Waals surface area contributed by atoms with Crippen molar-refractivity contribution in [1.29, 1.82) is 0 Å². The van der Waals surface area contributed by atoms with Gasteiger partial charge in [-0.25, -0.2) is 4.79 Å². The van der Waals surface area contributed by atoms with Crippen molar-refractivity contribution in [2.24, 2.45) is 0 Å². The highest BCUT2D eigenvalue weighted by molar-refractivity contribution is 6.35. The first-order valence-electron chi connectivity index (χ1n) is 9.17. The van der Waals surface area contributed by atoms with E-state index in [0.717, 1.165) is 22.4 Å². The highest BCUT2D eigenvalue weighted by Gasteiger charge is 2.23. The predicted molar refractivity (Wildman–Crippen MR) is 111 cm³/mol. The molecule has 3 aromatic rings. The van der Waals surface area contributed by atoms with Crippen LogP contribution < -0.4 is 10.1 Å². The molecule has 0 fully saturated rings. The third kappa shape index (κ3) is 3.89. The summed E-state index contributed by atoms with van der Waals surface area (Å²) >= 11 is 0. The Morgan fingerprint density at radius 3 is 2.48 bits per heavy atom. The average molecular weight is 385 g/mol. The maximum Gasteiger partial charge on any atom is 0.337 e. The highest BCUT2D eigenvalue weighted by atomic mass is 16.5. The molecule has 0 aliphatic carbocycles. The van der Waals surface area contributed by atoms with Crippen molar-refractivity contribution in [3.05, 3.63) is 95.1 Å². The molecule has 0 saturated carbocycles. The van der Waals surface area contributed by atoms with Gasteiger partial charge in [0.15, 0.2) is 0 Å². The number of esters is 1. The fraction of sp³-hybridized carbons (Fsp3) is 0.0833. The van der Waals surface area contributed by atoms with Gasteiger partial charge in [-0.05, 0) is 35.9 Å². The summed E-state index contributed by atoms with van der Waals surface area (Å²) < 4.78 is 10.7. The number of hydrogen-bond acceptors (Lipinski definition) is 4. The van der Waals surface area contributed by atoms with Crippen LogP contribution >= 0.6 is 0 Å². The fourth-order valence-electron chi connectivity index (χ4n) is 3.18. The fourth-order valence-corrected chi connectivity index (χ4v) is 3.18. The molecule has 29 heavy (non-hydrogen) atoms.